The van der Waals surface area contributed by atoms with E-state index >= 15 is 0 Å². The molecule has 0 spiro atoms. The molecule has 13 heteroatoms. The Bertz CT molecular complexity index is 1790. The zero-order valence-corrected chi connectivity index (χ0v) is 34.0. The molecule has 11 nitrogen and oxygen atoms in total. The van der Waals surface area contributed by atoms with Gasteiger partial charge in [-0.05, 0) is 82.3 Å². The van der Waals surface area contributed by atoms with Crippen LogP contribution < -0.4 is 5.32 Å². The van der Waals surface area contributed by atoms with Gasteiger partial charge in [0, 0.05) is 84.9 Å². The number of piperazine rings is 1. The zero-order valence-electron chi connectivity index (χ0n) is 32.5. The lowest BCUT2D eigenvalue weighted by Gasteiger charge is -2.46. The van der Waals surface area contributed by atoms with Crippen LogP contribution in [0.15, 0.2) is 65.0 Å². The maximum Gasteiger partial charge on any atom is 0.334 e. The first-order valence-electron chi connectivity index (χ1n) is 19.6. The highest BCUT2D eigenvalue weighted by atomic mass is 35.5. The average Bonchev–Trinajstić information content (AvgIpc) is 3.33. The van der Waals surface area contributed by atoms with Crippen molar-refractivity contribution in [3.63, 3.8) is 0 Å². The van der Waals surface area contributed by atoms with Crippen molar-refractivity contribution >= 4 is 41.0 Å². The number of carbonyl (C=O) groups is 3. The van der Waals surface area contributed by atoms with Crippen molar-refractivity contribution in [3.05, 3.63) is 91.7 Å². The summed E-state index contributed by atoms with van der Waals surface area (Å²) in [5.74, 6) is -2.83. The van der Waals surface area contributed by atoms with Gasteiger partial charge in [-0.25, -0.2) is 9.59 Å². The van der Waals surface area contributed by atoms with Crippen molar-refractivity contribution in [2.45, 2.75) is 88.9 Å². The van der Waals surface area contributed by atoms with Crippen molar-refractivity contribution in [1.29, 1.82) is 0 Å². The Balaban J connectivity index is 1.31. The van der Waals surface area contributed by atoms with Crippen LogP contribution in [0.2, 0.25) is 10.0 Å². The molecule has 3 fully saturated rings. The SMILES string of the molecule is CCNCCOCc1ccccc1CCC1=C(C(=O)O)C(C)(c2c(Cl)cccc2Cl)C(C(=O)O)=C(CC(=O)N2CCN(C3CC4CCC(C3)N4C)CC2)N1C. The Morgan fingerprint density at radius 3 is 2.04 bits per heavy atom. The number of allylic oxidation sites excluding steroid dienone is 1. The van der Waals surface area contributed by atoms with Gasteiger partial charge in [0.25, 0.3) is 0 Å². The molecule has 0 saturated carbocycles. The van der Waals surface area contributed by atoms with Gasteiger partial charge in [0.2, 0.25) is 5.91 Å². The van der Waals surface area contributed by atoms with E-state index in [0.29, 0.717) is 56.5 Å². The molecule has 0 radical (unpaired) electrons. The highest BCUT2D eigenvalue weighted by Gasteiger charge is 2.52. The van der Waals surface area contributed by atoms with Gasteiger partial charge in [-0.1, -0.05) is 60.5 Å². The minimum Gasteiger partial charge on any atom is -0.478 e. The predicted molar refractivity (Wildman–Crippen MR) is 214 cm³/mol. The van der Waals surface area contributed by atoms with Crippen LogP contribution in [0.1, 0.15) is 69.1 Å². The van der Waals surface area contributed by atoms with Crippen molar-refractivity contribution < 1.29 is 29.3 Å². The quantitative estimate of drug-likeness (QED) is 0.191. The summed E-state index contributed by atoms with van der Waals surface area (Å²) in [6.07, 6.45) is 5.27. The normalized spacial score (nSPS) is 24.9. The Kier molecular flexibility index (Phi) is 13.3. The number of hydrogen-bond donors (Lipinski definition) is 3. The highest BCUT2D eigenvalue weighted by Crippen LogP contribution is 2.52. The van der Waals surface area contributed by atoms with Crippen molar-refractivity contribution in [3.8, 4) is 0 Å². The monoisotopic (exact) mass is 795 g/mol. The van der Waals surface area contributed by atoms with E-state index in [-0.39, 0.29) is 51.2 Å². The lowest BCUT2D eigenvalue weighted by molar-refractivity contribution is -0.134. The van der Waals surface area contributed by atoms with Crippen LogP contribution in [0.25, 0.3) is 0 Å². The predicted octanol–water partition coefficient (Wildman–Crippen LogP) is 5.79. The van der Waals surface area contributed by atoms with E-state index in [1.54, 1.807) is 37.1 Å². The van der Waals surface area contributed by atoms with E-state index in [1.165, 1.54) is 12.8 Å². The summed E-state index contributed by atoms with van der Waals surface area (Å²) in [6.45, 7) is 8.75. The number of hydrogen-bond acceptors (Lipinski definition) is 8. The molecule has 3 saturated heterocycles. The third-order valence-corrected chi connectivity index (χ3v) is 13.2. The molecule has 3 atom stereocenters. The highest BCUT2D eigenvalue weighted by molar-refractivity contribution is 6.36. The Labute approximate surface area is 334 Å². The molecule has 3 unspecified atom stereocenters. The van der Waals surface area contributed by atoms with Gasteiger partial charge in [0.05, 0.1) is 36.2 Å². The number of nitrogens with one attached hydrogen (secondary N) is 1. The Morgan fingerprint density at radius 1 is 0.836 bits per heavy atom. The molecule has 298 valence electrons. The number of amides is 1. The third kappa shape index (κ3) is 8.48. The minimum absolute atomic E-state index is 0.139. The second kappa shape index (κ2) is 17.8. The van der Waals surface area contributed by atoms with Gasteiger partial charge in [0.1, 0.15) is 0 Å². The number of fused-ring (bicyclic) bond motifs is 2. The number of carboxylic acid groups (broad SMARTS) is 2. The van der Waals surface area contributed by atoms with Crippen LogP contribution in [-0.2, 0) is 37.6 Å². The maximum absolute atomic E-state index is 14.3. The average molecular weight is 797 g/mol. The van der Waals surface area contributed by atoms with Crippen LogP contribution >= 0.6 is 23.2 Å². The standard InChI is InChI=1S/C42H55Cl2N5O6/c1-5-45-17-22-55-26-28-10-7-6-9-27(28)13-16-34-38(40(51)52)42(2,37-32(43)11-8-12-33(37)44)39(41(53)54)35(47(34)4)25-36(50)49-20-18-48(19-21-49)31-23-29-14-15-30(24-31)46(29)3/h6-12,29-31,45H,5,13-26H2,1-4H3,(H,51,52)(H,53,54). The first-order valence-corrected chi connectivity index (χ1v) is 20.3. The molecule has 4 aliphatic heterocycles. The molecule has 2 aromatic rings. The fourth-order valence-electron chi connectivity index (χ4n) is 9.57. The van der Waals surface area contributed by atoms with Crippen LogP contribution in [0.3, 0.4) is 0 Å². The van der Waals surface area contributed by atoms with Gasteiger partial charge < -0.3 is 35.0 Å². The number of benzene rings is 2. The van der Waals surface area contributed by atoms with E-state index in [1.807, 2.05) is 36.1 Å². The summed E-state index contributed by atoms with van der Waals surface area (Å²) in [7, 11) is 3.91. The topological polar surface area (TPSA) is 126 Å². The van der Waals surface area contributed by atoms with E-state index in [2.05, 4.69) is 22.2 Å². The molecule has 0 aliphatic carbocycles. The molecular formula is C42H55Cl2N5O6. The minimum atomic E-state index is -1.80. The first kappa shape index (κ1) is 41.2. The van der Waals surface area contributed by atoms with Crippen molar-refractivity contribution in [2.75, 3.05) is 60.0 Å². The van der Waals surface area contributed by atoms with Crippen molar-refractivity contribution in [2.24, 2.45) is 0 Å². The van der Waals surface area contributed by atoms with E-state index in [9.17, 15) is 24.6 Å². The maximum atomic E-state index is 14.3. The number of likely N-dealkylation sites (N-methyl/N-ethyl adjacent to an activating group) is 1. The number of aryl methyl sites for hydroxylation is 1. The summed E-state index contributed by atoms with van der Waals surface area (Å²) >= 11 is 13.6. The lowest BCUT2D eigenvalue weighted by Crippen LogP contribution is -2.56. The molecule has 4 aliphatic rings. The number of aliphatic carboxylic acids is 2. The smallest absolute Gasteiger partial charge is 0.334 e. The van der Waals surface area contributed by atoms with Gasteiger partial charge in [-0.15, -0.1) is 0 Å². The van der Waals surface area contributed by atoms with Gasteiger partial charge in [0.15, 0.2) is 0 Å². The van der Waals surface area contributed by atoms with Gasteiger partial charge in [-0.2, -0.15) is 0 Å². The number of halogens is 2. The number of carboxylic acids is 2. The molecule has 2 bridgehead atoms. The first-order chi connectivity index (χ1) is 26.4. The number of nitrogens with zero attached hydrogens (tertiary/aromatic N) is 4. The largest absolute Gasteiger partial charge is 0.478 e. The van der Waals surface area contributed by atoms with Crippen LogP contribution in [0.4, 0.5) is 0 Å². The van der Waals surface area contributed by atoms with E-state index in [0.717, 1.165) is 50.1 Å². The van der Waals surface area contributed by atoms with Gasteiger partial charge in [-0.3, -0.25) is 9.69 Å². The zero-order chi connectivity index (χ0) is 39.4. The molecule has 4 heterocycles. The Morgan fingerprint density at radius 2 is 1.44 bits per heavy atom. The third-order valence-electron chi connectivity index (χ3n) is 12.5. The molecular weight excluding hydrogens is 741 g/mol. The second-order valence-corrected chi connectivity index (χ2v) is 16.3. The second-order valence-electron chi connectivity index (χ2n) is 15.5. The van der Waals surface area contributed by atoms with E-state index < -0.39 is 17.4 Å². The molecule has 55 heavy (non-hydrogen) atoms. The van der Waals surface area contributed by atoms with Crippen molar-refractivity contribution in [1.82, 2.24) is 24.9 Å². The number of rotatable bonds is 15. The summed E-state index contributed by atoms with van der Waals surface area (Å²) < 4.78 is 5.94. The molecule has 2 aromatic carbocycles. The Hall–Kier alpha value is -3.45. The number of carbonyl (C=O) groups excluding carboxylic acids is 1. The number of ether oxygens (including phenoxy) is 1. The summed E-state index contributed by atoms with van der Waals surface area (Å²) in [5.41, 5.74) is 0.595. The summed E-state index contributed by atoms with van der Waals surface area (Å²) in [4.78, 5) is 49.8. The fourth-order valence-corrected chi connectivity index (χ4v) is 10.3. The van der Waals surface area contributed by atoms with Crippen LogP contribution in [0.5, 0.6) is 0 Å². The summed E-state index contributed by atoms with van der Waals surface area (Å²) in [6, 6.07) is 14.4. The molecule has 3 N–H and O–H groups in total. The van der Waals surface area contributed by atoms with Crippen LogP contribution in [-0.4, -0.2) is 126 Å². The lowest BCUT2D eigenvalue weighted by atomic mass is 9.66. The molecule has 1 amide bonds. The fraction of sp³-hybridized carbons (Fsp3) is 0.548. The van der Waals surface area contributed by atoms with E-state index in [4.69, 9.17) is 27.9 Å². The van der Waals surface area contributed by atoms with Crippen LogP contribution in [0, 0.1) is 0 Å². The van der Waals surface area contributed by atoms with Gasteiger partial charge >= 0.3 is 11.9 Å². The molecule has 6 rings (SSSR count). The number of piperidine rings is 1. The molecule has 0 aromatic heterocycles. The summed E-state index contributed by atoms with van der Waals surface area (Å²) in [5, 5.41) is 25.5.